The average molecular weight is 495 g/mol. The van der Waals surface area contributed by atoms with Crippen molar-refractivity contribution in [2.75, 3.05) is 25.5 Å². The Morgan fingerprint density at radius 2 is 1.51 bits per heavy atom. The van der Waals surface area contributed by atoms with Crippen LogP contribution in [0.1, 0.15) is 28.7 Å². The highest BCUT2D eigenvalue weighted by Gasteiger charge is 2.52. The Morgan fingerprint density at radius 3 is 2.38 bits per heavy atom. The van der Waals surface area contributed by atoms with Crippen molar-refractivity contribution in [2.45, 2.75) is 12.0 Å². The van der Waals surface area contributed by atoms with Gasteiger partial charge in [0.1, 0.15) is 5.82 Å². The number of para-hydroxylation sites is 1. The molecule has 3 aromatic carbocycles. The summed E-state index contributed by atoms with van der Waals surface area (Å²) >= 11 is 0. The van der Waals surface area contributed by atoms with Crippen LogP contribution in [0.3, 0.4) is 0 Å². The first-order valence-electron chi connectivity index (χ1n) is 12.3. The van der Waals surface area contributed by atoms with Crippen LogP contribution in [0.4, 0.5) is 5.82 Å². The lowest BCUT2D eigenvalue weighted by Gasteiger charge is -2.39. The van der Waals surface area contributed by atoms with Crippen LogP contribution in [0.5, 0.6) is 23.0 Å². The number of anilines is 1. The van der Waals surface area contributed by atoms with Gasteiger partial charge < -0.3 is 29.0 Å². The quantitative estimate of drug-likeness (QED) is 0.407. The van der Waals surface area contributed by atoms with E-state index in [1.54, 1.807) is 0 Å². The Hall–Kier alpha value is -4.46. The van der Waals surface area contributed by atoms with Crippen LogP contribution in [0.2, 0.25) is 0 Å². The third kappa shape index (κ3) is 3.15. The molecule has 8 rings (SSSR count). The molecule has 0 amide bonds. The third-order valence-electron chi connectivity index (χ3n) is 7.84. The lowest BCUT2D eigenvalue weighted by atomic mass is 9.65. The van der Waals surface area contributed by atoms with Gasteiger partial charge in [0, 0.05) is 17.2 Å². The highest BCUT2D eigenvalue weighted by Crippen LogP contribution is 2.55. The summed E-state index contributed by atoms with van der Waals surface area (Å²) in [7, 11) is 0. The number of hydrogen-bond donors (Lipinski definition) is 1. The van der Waals surface area contributed by atoms with Crippen LogP contribution in [0.15, 0.2) is 66.7 Å². The number of aromatic nitrogens is 1. The van der Waals surface area contributed by atoms with Gasteiger partial charge in [0.25, 0.3) is 0 Å². The van der Waals surface area contributed by atoms with Gasteiger partial charge in [-0.15, -0.1) is 0 Å². The molecule has 8 nitrogen and oxygen atoms in total. The Balaban J connectivity index is 1.29. The number of nitrogens with zero attached hydrogens (tertiary/aromatic N) is 1. The predicted molar refractivity (Wildman–Crippen MR) is 133 cm³/mol. The molecule has 0 bridgehead atoms. The van der Waals surface area contributed by atoms with E-state index in [-0.39, 0.29) is 43.4 Å². The molecule has 1 N–H and O–H groups in total. The topological polar surface area (TPSA) is 88.1 Å². The fourth-order valence-electron chi connectivity index (χ4n) is 6.16. The van der Waals surface area contributed by atoms with Crippen LogP contribution in [0, 0.1) is 11.8 Å². The highest BCUT2D eigenvalue weighted by atomic mass is 16.7. The van der Waals surface area contributed by atoms with E-state index in [0.717, 1.165) is 33.4 Å². The number of rotatable bonds is 3. The minimum atomic E-state index is -0.383. The SMILES string of the molecule is O=C1OC[C@H]2[C@H]1[C@@H](c1ccc3c(c1)OCO3)c1cc3c(cc1[C@H]2Nc1ccc2ccccc2n1)OCO3. The van der Waals surface area contributed by atoms with Gasteiger partial charge in [-0.2, -0.15) is 0 Å². The normalized spacial score (nSPS) is 24.5. The molecular formula is C29H22N2O6. The molecule has 1 aliphatic carbocycles. The van der Waals surface area contributed by atoms with Gasteiger partial charge in [0.15, 0.2) is 23.0 Å². The van der Waals surface area contributed by atoms with E-state index in [1.165, 1.54) is 0 Å². The molecule has 184 valence electrons. The number of carbonyl (C=O) groups is 1. The van der Waals surface area contributed by atoms with Gasteiger partial charge in [-0.3, -0.25) is 4.79 Å². The summed E-state index contributed by atoms with van der Waals surface area (Å²) in [5.41, 5.74) is 3.92. The van der Waals surface area contributed by atoms with Crippen molar-refractivity contribution in [3.8, 4) is 23.0 Å². The van der Waals surface area contributed by atoms with E-state index in [4.69, 9.17) is 28.7 Å². The van der Waals surface area contributed by atoms with Crippen molar-refractivity contribution < 1.29 is 28.5 Å². The maximum absolute atomic E-state index is 13.3. The van der Waals surface area contributed by atoms with Gasteiger partial charge in [-0.25, -0.2) is 4.98 Å². The number of fused-ring (bicyclic) bond motifs is 5. The molecule has 1 fully saturated rings. The molecule has 0 saturated carbocycles. The van der Waals surface area contributed by atoms with Gasteiger partial charge in [0.2, 0.25) is 13.6 Å². The molecule has 4 atom stereocenters. The maximum atomic E-state index is 13.3. The minimum absolute atomic E-state index is 0.107. The standard InChI is InChI=1S/C29H22N2O6/c32-29-27-19(12-33-29)28(31-25-8-6-15-3-1-2-4-20(15)30-25)18-11-24-23(36-14-37-24)10-17(18)26(27)16-5-7-21-22(9-16)35-13-34-21/h1-11,19,26-28H,12-14H2,(H,30,31)/t19-,26-,27-,28+/m0/s1. The van der Waals surface area contributed by atoms with E-state index in [9.17, 15) is 4.79 Å². The zero-order chi connectivity index (χ0) is 24.5. The van der Waals surface area contributed by atoms with Crippen LogP contribution in [-0.2, 0) is 9.53 Å². The minimum Gasteiger partial charge on any atom is -0.465 e. The Bertz CT molecular complexity index is 1590. The maximum Gasteiger partial charge on any atom is 0.310 e. The molecule has 1 saturated heterocycles. The third-order valence-corrected chi connectivity index (χ3v) is 7.84. The number of carbonyl (C=O) groups excluding carboxylic acids is 1. The summed E-state index contributed by atoms with van der Waals surface area (Å²) in [6, 6.07) is 21.8. The molecule has 0 radical (unpaired) electrons. The Labute approximate surface area is 212 Å². The number of ether oxygens (including phenoxy) is 5. The van der Waals surface area contributed by atoms with Crippen LogP contribution in [-0.4, -0.2) is 31.1 Å². The molecule has 4 aromatic rings. The number of pyridine rings is 1. The zero-order valence-corrected chi connectivity index (χ0v) is 19.7. The van der Waals surface area contributed by atoms with Crippen molar-refractivity contribution in [1.29, 1.82) is 0 Å². The number of esters is 1. The summed E-state index contributed by atoms with van der Waals surface area (Å²) in [5, 5.41) is 4.71. The number of cyclic esters (lactones) is 1. The zero-order valence-electron chi connectivity index (χ0n) is 19.7. The van der Waals surface area contributed by atoms with Gasteiger partial charge in [0.05, 0.1) is 24.1 Å². The molecule has 3 aliphatic heterocycles. The van der Waals surface area contributed by atoms with Gasteiger partial charge in [-0.05, 0) is 59.2 Å². The van der Waals surface area contributed by atoms with Crippen LogP contribution >= 0.6 is 0 Å². The monoisotopic (exact) mass is 494 g/mol. The molecule has 1 aromatic heterocycles. The molecule has 4 heterocycles. The largest absolute Gasteiger partial charge is 0.465 e. The lowest BCUT2D eigenvalue weighted by Crippen LogP contribution is -2.37. The molecule has 8 heteroatoms. The first-order valence-corrected chi connectivity index (χ1v) is 12.3. The molecular weight excluding hydrogens is 472 g/mol. The summed E-state index contributed by atoms with van der Waals surface area (Å²) in [5.74, 6) is 2.58. The van der Waals surface area contributed by atoms with Crippen LogP contribution in [0.25, 0.3) is 10.9 Å². The van der Waals surface area contributed by atoms with E-state index < -0.39 is 0 Å². The van der Waals surface area contributed by atoms with Crippen molar-refractivity contribution in [1.82, 2.24) is 4.98 Å². The highest BCUT2D eigenvalue weighted by molar-refractivity contribution is 5.81. The summed E-state index contributed by atoms with van der Waals surface area (Å²) < 4.78 is 28.4. The van der Waals surface area contributed by atoms with E-state index >= 15 is 0 Å². The second kappa shape index (κ2) is 7.77. The molecule has 0 spiro atoms. The predicted octanol–water partition coefficient (Wildman–Crippen LogP) is 4.78. The van der Waals surface area contributed by atoms with Crippen molar-refractivity contribution >= 4 is 22.7 Å². The Morgan fingerprint density at radius 1 is 0.757 bits per heavy atom. The van der Waals surface area contributed by atoms with E-state index in [0.29, 0.717) is 29.6 Å². The van der Waals surface area contributed by atoms with Gasteiger partial charge in [-0.1, -0.05) is 24.3 Å². The Kier molecular flexibility index (Phi) is 4.35. The second-order valence-corrected chi connectivity index (χ2v) is 9.76. The smallest absolute Gasteiger partial charge is 0.310 e. The van der Waals surface area contributed by atoms with E-state index in [1.807, 2.05) is 60.7 Å². The van der Waals surface area contributed by atoms with Crippen molar-refractivity contribution in [3.63, 3.8) is 0 Å². The number of nitrogens with one attached hydrogen (secondary N) is 1. The first kappa shape index (κ1) is 20.7. The molecule has 0 unspecified atom stereocenters. The molecule has 4 aliphatic rings. The summed E-state index contributed by atoms with van der Waals surface area (Å²) in [4.78, 5) is 18.1. The van der Waals surface area contributed by atoms with Crippen LogP contribution < -0.4 is 24.3 Å². The van der Waals surface area contributed by atoms with Gasteiger partial charge >= 0.3 is 5.97 Å². The number of hydrogen-bond acceptors (Lipinski definition) is 8. The fraction of sp³-hybridized carbons (Fsp3) is 0.241. The number of benzene rings is 3. The van der Waals surface area contributed by atoms with Crippen molar-refractivity contribution in [3.05, 3.63) is 83.4 Å². The van der Waals surface area contributed by atoms with E-state index in [2.05, 4.69) is 11.4 Å². The lowest BCUT2D eigenvalue weighted by molar-refractivity contribution is -0.141. The summed E-state index contributed by atoms with van der Waals surface area (Å²) in [6.07, 6.45) is 0. The fourth-order valence-corrected chi connectivity index (χ4v) is 6.16. The molecule has 37 heavy (non-hydrogen) atoms. The van der Waals surface area contributed by atoms with Crippen molar-refractivity contribution in [2.24, 2.45) is 11.8 Å². The average Bonchev–Trinajstić information content (AvgIpc) is 3.67. The first-order chi connectivity index (χ1) is 18.2. The summed E-state index contributed by atoms with van der Waals surface area (Å²) in [6.45, 7) is 0.688. The second-order valence-electron chi connectivity index (χ2n) is 9.76.